The Morgan fingerprint density at radius 2 is 1.82 bits per heavy atom. The van der Waals surface area contributed by atoms with Crippen LogP contribution in [-0.2, 0) is 16.1 Å². The van der Waals surface area contributed by atoms with Crippen LogP contribution in [0.2, 0.25) is 0 Å². The molecule has 1 aromatic carbocycles. The third-order valence-electron chi connectivity index (χ3n) is 2.28. The molecule has 5 nitrogen and oxygen atoms in total. The summed E-state index contributed by atoms with van der Waals surface area (Å²) >= 11 is 0. The molecule has 0 saturated heterocycles. The normalized spacial score (nSPS) is 9.94. The molecular formula is C12H16N2O3. The largest absolute Gasteiger partial charge is 0.508 e. The monoisotopic (exact) mass is 236 g/mol. The molecule has 0 spiro atoms. The second-order valence-corrected chi connectivity index (χ2v) is 3.69. The number of phenols is 1. The Morgan fingerprint density at radius 1 is 1.18 bits per heavy atom. The molecule has 0 aromatic heterocycles. The third-order valence-corrected chi connectivity index (χ3v) is 2.28. The number of phenolic OH excluding ortho intramolecular Hbond substituents is 1. The lowest BCUT2D eigenvalue weighted by Crippen LogP contribution is -2.24. The Bertz CT molecular complexity index is 387. The van der Waals surface area contributed by atoms with Gasteiger partial charge in [-0.15, -0.1) is 0 Å². The van der Waals surface area contributed by atoms with Gasteiger partial charge in [-0.2, -0.15) is 0 Å². The molecule has 0 aliphatic carbocycles. The zero-order valence-electron chi connectivity index (χ0n) is 9.48. The number of benzene rings is 1. The van der Waals surface area contributed by atoms with E-state index in [-0.39, 0.29) is 36.8 Å². The predicted octanol–water partition coefficient (Wildman–Crippen LogP) is 0.316. The molecule has 1 amide bonds. The summed E-state index contributed by atoms with van der Waals surface area (Å²) < 4.78 is 0. The molecule has 0 aliphatic heterocycles. The Morgan fingerprint density at radius 3 is 2.41 bits per heavy atom. The molecule has 1 rings (SSSR count). The van der Waals surface area contributed by atoms with Gasteiger partial charge in [0.2, 0.25) is 5.91 Å². The van der Waals surface area contributed by atoms with Crippen LogP contribution < -0.4 is 11.1 Å². The quantitative estimate of drug-likeness (QED) is 0.663. The predicted molar refractivity (Wildman–Crippen MR) is 63.2 cm³/mol. The number of carbonyl (C=O) groups excluding carboxylic acids is 2. The first kappa shape index (κ1) is 13.2. The van der Waals surface area contributed by atoms with Gasteiger partial charge in [-0.25, -0.2) is 0 Å². The fraction of sp³-hybridized carbons (Fsp3) is 0.333. The van der Waals surface area contributed by atoms with E-state index < -0.39 is 0 Å². The van der Waals surface area contributed by atoms with E-state index in [1.165, 1.54) is 0 Å². The number of rotatable bonds is 6. The number of amides is 1. The van der Waals surface area contributed by atoms with E-state index in [2.05, 4.69) is 5.32 Å². The first-order chi connectivity index (χ1) is 8.11. The lowest BCUT2D eigenvalue weighted by Gasteiger charge is -2.04. The Balaban J connectivity index is 2.28. The van der Waals surface area contributed by atoms with E-state index in [1.807, 2.05) is 0 Å². The molecule has 0 bridgehead atoms. The highest BCUT2D eigenvalue weighted by molar-refractivity contribution is 5.85. The first-order valence-electron chi connectivity index (χ1n) is 5.38. The lowest BCUT2D eigenvalue weighted by molar-refractivity contribution is -0.125. The average molecular weight is 236 g/mol. The van der Waals surface area contributed by atoms with Gasteiger partial charge >= 0.3 is 0 Å². The Labute approximate surface area is 99.6 Å². The number of aromatic hydroxyl groups is 1. The van der Waals surface area contributed by atoms with Crippen molar-refractivity contribution in [2.24, 2.45) is 5.73 Å². The van der Waals surface area contributed by atoms with E-state index in [0.717, 1.165) is 5.56 Å². The second kappa shape index (κ2) is 6.65. The zero-order chi connectivity index (χ0) is 12.7. The van der Waals surface area contributed by atoms with Crippen molar-refractivity contribution < 1.29 is 14.7 Å². The van der Waals surface area contributed by atoms with Crippen molar-refractivity contribution in [1.82, 2.24) is 5.32 Å². The van der Waals surface area contributed by atoms with Crippen LogP contribution in [0.15, 0.2) is 24.3 Å². The van der Waals surface area contributed by atoms with Crippen molar-refractivity contribution in [3.8, 4) is 5.75 Å². The highest BCUT2D eigenvalue weighted by Gasteiger charge is 2.05. The summed E-state index contributed by atoms with van der Waals surface area (Å²) in [6.07, 6.45) is 0.339. The first-order valence-corrected chi connectivity index (χ1v) is 5.38. The smallest absolute Gasteiger partial charge is 0.220 e. The van der Waals surface area contributed by atoms with Gasteiger partial charge in [-0.3, -0.25) is 9.59 Å². The van der Waals surface area contributed by atoms with Crippen LogP contribution in [0.1, 0.15) is 18.4 Å². The molecule has 17 heavy (non-hydrogen) atoms. The van der Waals surface area contributed by atoms with E-state index in [9.17, 15) is 9.59 Å². The van der Waals surface area contributed by atoms with Crippen molar-refractivity contribution in [3.63, 3.8) is 0 Å². The summed E-state index contributed by atoms with van der Waals surface area (Å²) in [7, 11) is 0. The SMILES string of the molecule is NCC(=O)CCC(=O)NCc1ccc(O)cc1. The van der Waals surface area contributed by atoms with Crippen molar-refractivity contribution in [2.45, 2.75) is 19.4 Å². The van der Waals surface area contributed by atoms with Gasteiger partial charge in [0.15, 0.2) is 0 Å². The second-order valence-electron chi connectivity index (χ2n) is 3.69. The molecule has 92 valence electrons. The molecule has 0 atom stereocenters. The summed E-state index contributed by atoms with van der Waals surface area (Å²) in [5.74, 6) is -0.113. The van der Waals surface area contributed by atoms with E-state index in [0.29, 0.717) is 6.54 Å². The van der Waals surface area contributed by atoms with Gasteiger partial charge < -0.3 is 16.2 Å². The van der Waals surface area contributed by atoms with Crippen LogP contribution in [-0.4, -0.2) is 23.3 Å². The minimum absolute atomic E-state index is 0.0226. The van der Waals surface area contributed by atoms with Crippen LogP contribution in [0.5, 0.6) is 5.75 Å². The van der Waals surface area contributed by atoms with Gasteiger partial charge in [0.05, 0.1) is 6.54 Å². The topological polar surface area (TPSA) is 92.4 Å². The molecule has 0 aliphatic rings. The van der Waals surface area contributed by atoms with Crippen molar-refractivity contribution in [2.75, 3.05) is 6.54 Å². The van der Waals surface area contributed by atoms with Crippen molar-refractivity contribution in [3.05, 3.63) is 29.8 Å². The highest BCUT2D eigenvalue weighted by atomic mass is 16.3. The van der Waals surface area contributed by atoms with Crippen molar-refractivity contribution in [1.29, 1.82) is 0 Å². The lowest BCUT2D eigenvalue weighted by atomic mass is 10.2. The molecule has 5 heteroatoms. The summed E-state index contributed by atoms with van der Waals surface area (Å²) in [4.78, 5) is 22.2. The minimum Gasteiger partial charge on any atom is -0.508 e. The van der Waals surface area contributed by atoms with Gasteiger partial charge in [-0.05, 0) is 17.7 Å². The standard InChI is InChI=1S/C12H16N2O3/c13-7-11(16)5-6-12(17)14-8-9-1-3-10(15)4-2-9/h1-4,15H,5-8,13H2,(H,14,17). The maximum absolute atomic E-state index is 11.4. The van der Waals surface area contributed by atoms with Crippen LogP contribution in [0.25, 0.3) is 0 Å². The fourth-order valence-electron chi connectivity index (χ4n) is 1.26. The zero-order valence-corrected chi connectivity index (χ0v) is 9.48. The number of nitrogens with one attached hydrogen (secondary N) is 1. The minimum atomic E-state index is -0.181. The summed E-state index contributed by atoms with van der Waals surface area (Å²) in [5, 5.41) is 11.8. The van der Waals surface area contributed by atoms with Gasteiger partial charge in [0, 0.05) is 19.4 Å². The maximum atomic E-state index is 11.4. The van der Waals surface area contributed by atoms with E-state index in [4.69, 9.17) is 10.8 Å². The van der Waals surface area contributed by atoms with Crippen LogP contribution in [0.4, 0.5) is 0 Å². The molecular weight excluding hydrogens is 220 g/mol. The molecule has 0 unspecified atom stereocenters. The fourth-order valence-corrected chi connectivity index (χ4v) is 1.26. The maximum Gasteiger partial charge on any atom is 0.220 e. The Hall–Kier alpha value is -1.88. The molecule has 1 aromatic rings. The summed E-state index contributed by atoms with van der Waals surface area (Å²) in [6.45, 7) is 0.362. The molecule has 0 fully saturated rings. The average Bonchev–Trinajstić information content (AvgIpc) is 2.35. The number of hydrogen-bond donors (Lipinski definition) is 3. The van der Waals surface area contributed by atoms with E-state index in [1.54, 1.807) is 24.3 Å². The molecule has 0 radical (unpaired) electrons. The van der Waals surface area contributed by atoms with Gasteiger partial charge in [0.25, 0.3) is 0 Å². The molecule has 0 heterocycles. The van der Waals surface area contributed by atoms with E-state index >= 15 is 0 Å². The Kier molecular flexibility index (Phi) is 5.16. The van der Waals surface area contributed by atoms with Crippen LogP contribution in [0.3, 0.4) is 0 Å². The van der Waals surface area contributed by atoms with Crippen molar-refractivity contribution >= 4 is 11.7 Å². The van der Waals surface area contributed by atoms with Crippen LogP contribution >= 0.6 is 0 Å². The third kappa shape index (κ3) is 5.12. The van der Waals surface area contributed by atoms with Gasteiger partial charge in [0.1, 0.15) is 11.5 Å². The molecule has 4 N–H and O–H groups in total. The number of hydrogen-bond acceptors (Lipinski definition) is 4. The number of Topliss-reactive ketones (excluding diaryl/α,β-unsaturated/α-hetero) is 1. The number of nitrogens with two attached hydrogens (primary N) is 1. The molecule has 0 saturated carbocycles. The number of ketones is 1. The number of carbonyl (C=O) groups is 2. The highest BCUT2D eigenvalue weighted by Crippen LogP contribution is 2.09. The summed E-state index contributed by atoms with van der Waals surface area (Å²) in [5.41, 5.74) is 6.02. The summed E-state index contributed by atoms with van der Waals surface area (Å²) in [6, 6.07) is 6.56. The van der Waals surface area contributed by atoms with Gasteiger partial charge in [-0.1, -0.05) is 12.1 Å². The van der Waals surface area contributed by atoms with Crippen LogP contribution in [0, 0.1) is 0 Å².